The van der Waals surface area contributed by atoms with Gasteiger partial charge in [-0.2, -0.15) is 0 Å². The number of halogens is 1. The average Bonchev–Trinajstić information content (AvgIpc) is 2.46. The molecule has 1 aliphatic heterocycles. The van der Waals surface area contributed by atoms with Gasteiger partial charge in [0.05, 0.1) is 16.3 Å². The molecule has 6 heteroatoms. The van der Waals surface area contributed by atoms with Gasteiger partial charge in [-0.25, -0.2) is 4.79 Å². The van der Waals surface area contributed by atoms with E-state index in [9.17, 15) is 4.79 Å². The Labute approximate surface area is 126 Å². The van der Waals surface area contributed by atoms with Gasteiger partial charge in [-0.1, -0.05) is 35.9 Å². The Morgan fingerprint density at radius 3 is 2.85 bits per heavy atom. The quantitative estimate of drug-likeness (QED) is 0.749. The van der Waals surface area contributed by atoms with Crippen molar-refractivity contribution in [2.75, 3.05) is 10.6 Å². The van der Waals surface area contributed by atoms with Crippen molar-refractivity contribution in [3.05, 3.63) is 53.1 Å². The lowest BCUT2D eigenvalue weighted by Gasteiger charge is -2.21. The number of para-hydroxylation sites is 1. The smallest absolute Gasteiger partial charge is 0.329 e. The van der Waals surface area contributed by atoms with Crippen LogP contribution in [0.25, 0.3) is 0 Å². The van der Waals surface area contributed by atoms with Crippen LogP contribution in [-0.2, 0) is 6.54 Å². The molecule has 0 aliphatic carbocycles. The molecule has 1 aliphatic rings. The molecule has 4 nitrogen and oxygen atoms in total. The zero-order valence-corrected chi connectivity index (χ0v) is 12.0. The number of urea groups is 1. The van der Waals surface area contributed by atoms with Crippen LogP contribution in [0, 0.1) is 0 Å². The maximum absolute atomic E-state index is 11.4. The topological polar surface area (TPSA) is 53.2 Å². The number of amides is 2. The zero-order chi connectivity index (χ0) is 13.9. The van der Waals surface area contributed by atoms with Crippen LogP contribution in [0.3, 0.4) is 0 Å². The lowest BCUT2D eigenvalue weighted by atomic mass is 10.2. The Bertz CT molecular complexity index is 663. The van der Waals surface area contributed by atoms with E-state index in [-0.39, 0.29) is 6.03 Å². The van der Waals surface area contributed by atoms with Gasteiger partial charge in [0.2, 0.25) is 0 Å². The highest BCUT2D eigenvalue weighted by Crippen LogP contribution is 2.35. The van der Waals surface area contributed by atoms with Crippen molar-refractivity contribution in [3.8, 4) is 0 Å². The molecule has 0 spiro atoms. The van der Waals surface area contributed by atoms with Crippen LogP contribution < -0.4 is 15.4 Å². The fraction of sp³-hybridized carbons (Fsp3) is 0.0714. The van der Waals surface area contributed by atoms with Crippen LogP contribution in [0.2, 0.25) is 5.02 Å². The number of carbonyl (C=O) groups is 1. The number of carbonyl (C=O) groups excluding carboxylic acids is 1. The van der Waals surface area contributed by atoms with Gasteiger partial charge in [-0.05, 0) is 35.7 Å². The van der Waals surface area contributed by atoms with Crippen molar-refractivity contribution in [1.29, 1.82) is 0 Å². The third-order valence-electron chi connectivity index (χ3n) is 2.95. The van der Waals surface area contributed by atoms with Crippen LogP contribution in [0.1, 0.15) is 5.56 Å². The molecule has 0 fully saturated rings. The zero-order valence-electron chi connectivity index (χ0n) is 10.4. The second-order valence-corrected chi connectivity index (χ2v) is 5.54. The largest absolute Gasteiger partial charge is 0.379 e. The van der Waals surface area contributed by atoms with Crippen LogP contribution in [-0.4, -0.2) is 6.03 Å². The van der Waals surface area contributed by atoms with Crippen LogP contribution in [0.5, 0.6) is 0 Å². The standard InChI is InChI=1S/C14H12ClN3OS/c15-10-5-2-1-4-9(10)8-16-11-6-3-7-12-13(11)17-14(19)18-20-12/h1-7,16H,8H2,(H2,17,18,19). The average molecular weight is 306 g/mol. The number of hydrogen-bond donors (Lipinski definition) is 3. The summed E-state index contributed by atoms with van der Waals surface area (Å²) >= 11 is 7.44. The summed E-state index contributed by atoms with van der Waals surface area (Å²) in [6.07, 6.45) is 0. The van der Waals surface area contributed by atoms with Crippen LogP contribution >= 0.6 is 23.5 Å². The second-order valence-electron chi connectivity index (χ2n) is 4.28. The lowest BCUT2D eigenvalue weighted by Crippen LogP contribution is -2.27. The number of benzene rings is 2. The fourth-order valence-electron chi connectivity index (χ4n) is 1.97. The molecular weight excluding hydrogens is 294 g/mol. The first-order valence-corrected chi connectivity index (χ1v) is 7.27. The maximum Gasteiger partial charge on any atom is 0.329 e. The van der Waals surface area contributed by atoms with Crippen molar-refractivity contribution in [2.45, 2.75) is 11.4 Å². The summed E-state index contributed by atoms with van der Waals surface area (Å²) in [6, 6.07) is 13.3. The molecule has 102 valence electrons. The fourth-order valence-corrected chi connectivity index (χ4v) is 2.83. The van der Waals surface area contributed by atoms with E-state index in [0.29, 0.717) is 6.54 Å². The molecule has 3 rings (SSSR count). The molecule has 2 aromatic carbocycles. The molecule has 0 saturated carbocycles. The predicted molar refractivity (Wildman–Crippen MR) is 83.2 cm³/mol. The highest BCUT2D eigenvalue weighted by atomic mass is 35.5. The van der Waals surface area contributed by atoms with Crippen molar-refractivity contribution >= 4 is 41.0 Å². The van der Waals surface area contributed by atoms with Gasteiger partial charge >= 0.3 is 6.03 Å². The summed E-state index contributed by atoms with van der Waals surface area (Å²) < 4.78 is 2.67. The molecule has 0 atom stereocenters. The van der Waals surface area contributed by atoms with E-state index >= 15 is 0 Å². The first kappa shape index (κ1) is 13.1. The molecule has 0 unspecified atom stereocenters. The molecule has 1 heterocycles. The highest BCUT2D eigenvalue weighted by Gasteiger charge is 2.17. The normalized spacial score (nSPS) is 13.2. The minimum atomic E-state index is -0.213. The SMILES string of the molecule is O=C1NSc2cccc(NCc3ccccc3Cl)c2N1. The number of hydrogen-bond acceptors (Lipinski definition) is 3. The predicted octanol–water partition coefficient (Wildman–Crippen LogP) is 4.09. The van der Waals surface area contributed by atoms with Crippen molar-refractivity contribution in [2.24, 2.45) is 0 Å². The van der Waals surface area contributed by atoms with E-state index in [1.807, 2.05) is 42.5 Å². The van der Waals surface area contributed by atoms with Crippen LogP contribution in [0.15, 0.2) is 47.4 Å². The number of rotatable bonds is 3. The minimum Gasteiger partial charge on any atom is -0.379 e. The molecule has 20 heavy (non-hydrogen) atoms. The summed E-state index contributed by atoms with van der Waals surface area (Å²) in [4.78, 5) is 12.4. The summed E-state index contributed by atoms with van der Waals surface area (Å²) in [5.74, 6) is 0. The maximum atomic E-state index is 11.4. The van der Waals surface area contributed by atoms with Crippen molar-refractivity contribution in [1.82, 2.24) is 4.72 Å². The van der Waals surface area contributed by atoms with Gasteiger partial charge < -0.3 is 10.6 Å². The first-order valence-electron chi connectivity index (χ1n) is 6.08. The number of anilines is 2. The summed E-state index contributed by atoms with van der Waals surface area (Å²) in [6.45, 7) is 0.601. The van der Waals surface area contributed by atoms with E-state index in [1.165, 1.54) is 11.9 Å². The summed E-state index contributed by atoms with van der Waals surface area (Å²) in [7, 11) is 0. The monoisotopic (exact) mass is 305 g/mol. The summed E-state index contributed by atoms with van der Waals surface area (Å²) in [5, 5.41) is 6.85. The third kappa shape index (κ3) is 2.69. The minimum absolute atomic E-state index is 0.213. The van der Waals surface area contributed by atoms with E-state index in [0.717, 1.165) is 26.9 Å². The van der Waals surface area contributed by atoms with Gasteiger partial charge in [0.15, 0.2) is 0 Å². The Morgan fingerprint density at radius 2 is 2.00 bits per heavy atom. The van der Waals surface area contributed by atoms with Crippen LogP contribution in [0.4, 0.5) is 16.2 Å². The molecular formula is C14H12ClN3OS. The van der Waals surface area contributed by atoms with Gasteiger partial charge in [0, 0.05) is 11.6 Å². The van der Waals surface area contributed by atoms with E-state index in [1.54, 1.807) is 0 Å². The molecule has 0 aromatic heterocycles. The Morgan fingerprint density at radius 1 is 1.15 bits per heavy atom. The van der Waals surface area contributed by atoms with Crippen molar-refractivity contribution < 1.29 is 4.79 Å². The van der Waals surface area contributed by atoms with Crippen molar-refractivity contribution in [3.63, 3.8) is 0 Å². The Hall–Kier alpha value is -1.85. The van der Waals surface area contributed by atoms with Gasteiger partial charge in [-0.15, -0.1) is 0 Å². The number of nitrogens with one attached hydrogen (secondary N) is 3. The number of fused-ring (bicyclic) bond motifs is 1. The second kappa shape index (κ2) is 5.64. The molecule has 3 N–H and O–H groups in total. The van der Waals surface area contributed by atoms with Gasteiger partial charge in [0.25, 0.3) is 0 Å². The van der Waals surface area contributed by atoms with E-state index in [2.05, 4.69) is 15.4 Å². The molecule has 0 bridgehead atoms. The third-order valence-corrected chi connectivity index (χ3v) is 4.16. The van der Waals surface area contributed by atoms with E-state index < -0.39 is 0 Å². The molecule has 2 amide bonds. The molecule has 0 radical (unpaired) electrons. The highest BCUT2D eigenvalue weighted by molar-refractivity contribution is 7.98. The lowest BCUT2D eigenvalue weighted by molar-refractivity contribution is 0.257. The Kier molecular flexibility index (Phi) is 3.71. The molecule has 2 aromatic rings. The first-order chi connectivity index (χ1) is 9.74. The van der Waals surface area contributed by atoms with Gasteiger partial charge in [0.1, 0.15) is 0 Å². The Balaban J connectivity index is 1.82. The van der Waals surface area contributed by atoms with Gasteiger partial charge in [-0.3, -0.25) is 4.72 Å². The van der Waals surface area contributed by atoms with E-state index in [4.69, 9.17) is 11.6 Å². The molecule has 0 saturated heterocycles. The summed E-state index contributed by atoms with van der Waals surface area (Å²) in [5.41, 5.74) is 2.69.